The van der Waals surface area contributed by atoms with Crippen LogP contribution in [0.4, 0.5) is 5.69 Å². The smallest absolute Gasteiger partial charge is 0.269 e. The summed E-state index contributed by atoms with van der Waals surface area (Å²) in [5, 5.41) is 14.1. The minimum atomic E-state index is -0.335. The van der Waals surface area contributed by atoms with E-state index in [4.69, 9.17) is 0 Å². The third kappa shape index (κ3) is 7.24. The number of unbranched alkanes of at least 4 members (excludes halogenated alkanes) is 4. The molecule has 1 rings (SSSR count). The van der Waals surface area contributed by atoms with Gasteiger partial charge in [0.15, 0.2) is 0 Å². The molecule has 20 heavy (non-hydrogen) atoms. The minimum Gasteiger partial charge on any atom is -0.317 e. The molecule has 0 aliphatic rings. The van der Waals surface area contributed by atoms with Crippen molar-refractivity contribution in [3.63, 3.8) is 0 Å². The van der Waals surface area contributed by atoms with Gasteiger partial charge in [0.1, 0.15) is 0 Å². The highest BCUT2D eigenvalue weighted by Crippen LogP contribution is 2.14. The first-order valence-corrected chi connectivity index (χ1v) is 7.68. The Morgan fingerprint density at radius 1 is 1.10 bits per heavy atom. The van der Waals surface area contributed by atoms with Crippen LogP contribution in [-0.4, -0.2) is 18.0 Å². The van der Waals surface area contributed by atoms with Crippen molar-refractivity contribution >= 4 is 5.69 Å². The van der Waals surface area contributed by atoms with Crippen LogP contribution < -0.4 is 5.32 Å². The number of benzene rings is 1. The van der Waals surface area contributed by atoms with Crippen molar-refractivity contribution in [1.82, 2.24) is 5.32 Å². The second kappa shape index (κ2) is 10.4. The average molecular weight is 278 g/mol. The van der Waals surface area contributed by atoms with Gasteiger partial charge < -0.3 is 5.32 Å². The molecule has 1 N–H and O–H groups in total. The van der Waals surface area contributed by atoms with Gasteiger partial charge in [-0.1, -0.05) is 44.7 Å². The number of hydrogen-bond acceptors (Lipinski definition) is 3. The van der Waals surface area contributed by atoms with E-state index >= 15 is 0 Å². The molecule has 0 aliphatic heterocycles. The lowest BCUT2D eigenvalue weighted by Crippen LogP contribution is -2.17. The third-order valence-electron chi connectivity index (χ3n) is 3.40. The lowest BCUT2D eigenvalue weighted by atomic mass is 10.1. The normalized spacial score (nSPS) is 10.7. The Morgan fingerprint density at radius 2 is 1.85 bits per heavy atom. The molecule has 0 aliphatic carbocycles. The first kappa shape index (κ1) is 16.6. The van der Waals surface area contributed by atoms with Gasteiger partial charge in [-0.15, -0.1) is 0 Å². The summed E-state index contributed by atoms with van der Waals surface area (Å²) in [7, 11) is 0. The Kier molecular flexibility index (Phi) is 8.63. The van der Waals surface area contributed by atoms with Gasteiger partial charge >= 0.3 is 0 Å². The molecule has 112 valence electrons. The van der Waals surface area contributed by atoms with Crippen LogP contribution in [0, 0.1) is 10.1 Å². The van der Waals surface area contributed by atoms with Crippen molar-refractivity contribution in [2.75, 3.05) is 13.1 Å². The zero-order chi connectivity index (χ0) is 14.6. The van der Waals surface area contributed by atoms with Gasteiger partial charge in [0.25, 0.3) is 5.69 Å². The lowest BCUT2D eigenvalue weighted by molar-refractivity contribution is -0.384. The Hall–Kier alpha value is -1.42. The molecule has 0 saturated carbocycles. The largest absolute Gasteiger partial charge is 0.317 e. The summed E-state index contributed by atoms with van der Waals surface area (Å²) in [4.78, 5) is 10.3. The highest BCUT2D eigenvalue weighted by atomic mass is 16.6. The predicted molar refractivity (Wildman–Crippen MR) is 83.0 cm³/mol. The summed E-state index contributed by atoms with van der Waals surface area (Å²) < 4.78 is 0. The highest BCUT2D eigenvalue weighted by Gasteiger charge is 2.04. The van der Waals surface area contributed by atoms with Gasteiger partial charge in [-0.2, -0.15) is 0 Å². The maximum atomic E-state index is 10.7. The van der Waals surface area contributed by atoms with E-state index in [1.807, 2.05) is 6.07 Å². The van der Waals surface area contributed by atoms with E-state index in [0.717, 1.165) is 31.5 Å². The second-order valence-electron chi connectivity index (χ2n) is 5.19. The van der Waals surface area contributed by atoms with E-state index in [2.05, 4.69) is 12.2 Å². The Morgan fingerprint density at radius 3 is 2.60 bits per heavy atom. The fourth-order valence-corrected chi connectivity index (χ4v) is 2.22. The van der Waals surface area contributed by atoms with Crippen LogP contribution >= 0.6 is 0 Å². The van der Waals surface area contributed by atoms with Crippen LogP contribution in [0.5, 0.6) is 0 Å². The summed E-state index contributed by atoms with van der Waals surface area (Å²) in [5.74, 6) is 0. The molecule has 0 saturated heterocycles. The first-order valence-electron chi connectivity index (χ1n) is 7.68. The van der Waals surface area contributed by atoms with Gasteiger partial charge in [0.2, 0.25) is 0 Å². The molecule has 0 spiro atoms. The number of nitrogens with one attached hydrogen (secondary N) is 1. The monoisotopic (exact) mass is 278 g/mol. The number of non-ortho nitro benzene ring substituents is 1. The number of hydrogen-bond donors (Lipinski definition) is 1. The Balaban J connectivity index is 2.06. The van der Waals surface area contributed by atoms with Crippen molar-refractivity contribution < 1.29 is 4.92 Å². The first-order chi connectivity index (χ1) is 9.74. The summed E-state index contributed by atoms with van der Waals surface area (Å²) in [5.41, 5.74) is 1.23. The van der Waals surface area contributed by atoms with Crippen molar-refractivity contribution in [1.29, 1.82) is 0 Å². The summed E-state index contributed by atoms with van der Waals surface area (Å²) in [6.45, 7) is 4.29. The van der Waals surface area contributed by atoms with Crippen LogP contribution in [0.3, 0.4) is 0 Å². The molecule has 0 atom stereocenters. The van der Waals surface area contributed by atoms with Crippen molar-refractivity contribution in [2.45, 2.75) is 51.9 Å². The summed E-state index contributed by atoms with van der Waals surface area (Å²) in [6.07, 6.45) is 8.44. The van der Waals surface area contributed by atoms with Crippen LogP contribution in [0.15, 0.2) is 24.3 Å². The molecule has 0 aromatic heterocycles. The number of nitrogens with zero attached hydrogens (tertiary/aromatic N) is 1. The molecule has 0 fully saturated rings. The summed E-state index contributed by atoms with van der Waals surface area (Å²) in [6, 6.07) is 6.93. The zero-order valence-electron chi connectivity index (χ0n) is 12.4. The fourth-order valence-electron chi connectivity index (χ4n) is 2.22. The lowest BCUT2D eigenvalue weighted by Gasteiger charge is -2.05. The van der Waals surface area contributed by atoms with E-state index in [9.17, 15) is 10.1 Å². The molecule has 0 heterocycles. The number of rotatable bonds is 11. The maximum Gasteiger partial charge on any atom is 0.269 e. The molecule has 4 nitrogen and oxygen atoms in total. The molecule has 0 bridgehead atoms. The SMILES string of the molecule is CCCCCCCNCCCc1cccc([N+](=O)[O-])c1. The quantitative estimate of drug-likeness (QED) is 0.377. The number of nitro groups is 1. The molecule has 0 amide bonds. The van der Waals surface area contributed by atoms with Crippen molar-refractivity contribution in [3.8, 4) is 0 Å². The van der Waals surface area contributed by atoms with Crippen molar-refractivity contribution in [2.24, 2.45) is 0 Å². The molecule has 1 aromatic rings. The maximum absolute atomic E-state index is 10.7. The molecular weight excluding hydrogens is 252 g/mol. The second-order valence-corrected chi connectivity index (χ2v) is 5.19. The van der Waals surface area contributed by atoms with E-state index in [1.54, 1.807) is 12.1 Å². The topological polar surface area (TPSA) is 55.2 Å². The molecule has 1 aromatic carbocycles. The van der Waals surface area contributed by atoms with E-state index in [-0.39, 0.29) is 10.6 Å². The Labute approximate surface area is 121 Å². The van der Waals surface area contributed by atoms with Gasteiger partial charge in [0, 0.05) is 12.1 Å². The van der Waals surface area contributed by atoms with E-state index in [0.29, 0.717) is 0 Å². The van der Waals surface area contributed by atoms with Gasteiger partial charge in [0.05, 0.1) is 4.92 Å². The predicted octanol–water partition coefficient (Wildman–Crippen LogP) is 4.09. The van der Waals surface area contributed by atoms with E-state index in [1.165, 1.54) is 38.2 Å². The molecular formula is C16H26N2O2. The Bertz CT molecular complexity index is 394. The van der Waals surface area contributed by atoms with Gasteiger partial charge in [-0.25, -0.2) is 0 Å². The van der Waals surface area contributed by atoms with Crippen LogP contribution in [-0.2, 0) is 6.42 Å². The fraction of sp³-hybridized carbons (Fsp3) is 0.625. The molecule has 0 radical (unpaired) electrons. The minimum absolute atomic E-state index is 0.186. The third-order valence-corrected chi connectivity index (χ3v) is 3.40. The van der Waals surface area contributed by atoms with E-state index < -0.39 is 0 Å². The van der Waals surface area contributed by atoms with Crippen LogP contribution in [0.2, 0.25) is 0 Å². The highest BCUT2D eigenvalue weighted by molar-refractivity contribution is 5.34. The molecule has 4 heteroatoms. The van der Waals surface area contributed by atoms with Crippen LogP contribution in [0.25, 0.3) is 0 Å². The number of nitro benzene ring substituents is 1. The molecule has 0 unspecified atom stereocenters. The van der Waals surface area contributed by atoms with Gasteiger partial charge in [-0.3, -0.25) is 10.1 Å². The number of aryl methyl sites for hydroxylation is 1. The van der Waals surface area contributed by atoms with Crippen LogP contribution in [0.1, 0.15) is 51.0 Å². The standard InChI is InChI=1S/C16H26N2O2/c1-2-3-4-5-6-12-17-13-8-10-15-9-7-11-16(14-15)18(19)20/h7,9,11,14,17H,2-6,8,10,12-13H2,1H3. The average Bonchev–Trinajstić information content (AvgIpc) is 2.46. The zero-order valence-corrected chi connectivity index (χ0v) is 12.4. The van der Waals surface area contributed by atoms with Crippen molar-refractivity contribution in [3.05, 3.63) is 39.9 Å². The summed E-state index contributed by atoms with van der Waals surface area (Å²) >= 11 is 0. The van der Waals surface area contributed by atoms with Gasteiger partial charge in [-0.05, 0) is 37.9 Å².